The van der Waals surface area contributed by atoms with Crippen molar-refractivity contribution in [1.82, 2.24) is 15.5 Å². The van der Waals surface area contributed by atoms with Gasteiger partial charge in [0.15, 0.2) is 0 Å². The molecule has 0 unspecified atom stereocenters. The molecule has 1 aromatic heterocycles. The Balaban J connectivity index is 1.92. The van der Waals surface area contributed by atoms with E-state index in [4.69, 9.17) is 9.15 Å². The number of hydrogen-bond donors (Lipinski definition) is 2. The molecule has 164 valence electrons. The number of nitrogens with one attached hydrogen (secondary N) is 2. The van der Waals surface area contributed by atoms with Gasteiger partial charge in [0.2, 0.25) is 11.8 Å². The first kappa shape index (κ1) is 24.5. The van der Waals surface area contributed by atoms with Gasteiger partial charge in [0.05, 0.1) is 5.75 Å². The normalized spacial score (nSPS) is 12.3. The lowest BCUT2D eigenvalue weighted by molar-refractivity contribution is -0.113. The molecule has 8 nitrogen and oxygen atoms in total. The van der Waals surface area contributed by atoms with E-state index >= 15 is 0 Å². The second kappa shape index (κ2) is 11.6. The Bertz CT molecular complexity index is 840. The zero-order valence-electron chi connectivity index (χ0n) is 17.2. The van der Waals surface area contributed by atoms with Crippen LogP contribution in [0.3, 0.4) is 0 Å². The highest BCUT2D eigenvalue weighted by molar-refractivity contribution is 9.10. The monoisotopic (exact) mass is 516 g/mol. The third-order valence-electron chi connectivity index (χ3n) is 3.48. The highest BCUT2D eigenvalue weighted by atomic mass is 79.9. The van der Waals surface area contributed by atoms with Crippen molar-refractivity contribution in [3.05, 3.63) is 34.6 Å². The molecule has 0 saturated carbocycles. The van der Waals surface area contributed by atoms with Crippen LogP contribution < -0.4 is 10.6 Å². The molecule has 2 N–H and O–H groups in total. The Labute approximate surface area is 192 Å². The number of ether oxygens (including phenoxy) is 1. The summed E-state index contributed by atoms with van der Waals surface area (Å²) in [5.41, 5.74) is 0.0975. The van der Waals surface area contributed by atoms with Crippen LogP contribution in [0.2, 0.25) is 0 Å². The number of amides is 2. The van der Waals surface area contributed by atoms with Crippen LogP contribution in [0.15, 0.2) is 38.4 Å². The van der Waals surface area contributed by atoms with Crippen LogP contribution in [0.5, 0.6) is 0 Å². The lowest BCUT2D eigenvalue weighted by Crippen LogP contribution is -2.35. The highest BCUT2D eigenvalue weighted by Crippen LogP contribution is 2.23. The molecule has 2 rings (SSSR count). The summed E-state index contributed by atoms with van der Waals surface area (Å²) in [4.78, 5) is 24.3. The van der Waals surface area contributed by atoms with E-state index in [2.05, 4.69) is 36.8 Å². The number of halogens is 1. The first-order chi connectivity index (χ1) is 14.2. The maximum atomic E-state index is 12.1. The molecule has 1 aromatic carbocycles. The molecule has 0 bridgehead atoms. The number of thioether (sulfide) groups is 2. The molecule has 2 aromatic rings. The summed E-state index contributed by atoms with van der Waals surface area (Å²) in [5.74, 6) is 1.01. The number of nitrogens with zero attached hydrogens (tertiary/aromatic N) is 2. The van der Waals surface area contributed by atoms with Crippen LogP contribution in [-0.4, -0.2) is 45.6 Å². The number of benzene rings is 1. The average Bonchev–Trinajstić information content (AvgIpc) is 3.13. The van der Waals surface area contributed by atoms with E-state index in [1.165, 1.54) is 0 Å². The molecule has 2 amide bonds. The molecule has 0 aliphatic carbocycles. The van der Waals surface area contributed by atoms with Crippen molar-refractivity contribution in [2.45, 2.75) is 44.1 Å². The van der Waals surface area contributed by atoms with Crippen LogP contribution in [-0.2, 0) is 9.53 Å². The number of aromatic nitrogens is 2. The van der Waals surface area contributed by atoms with E-state index in [1.807, 2.05) is 18.4 Å². The number of alkyl carbamates (subject to hydrolysis) is 1. The van der Waals surface area contributed by atoms with Crippen molar-refractivity contribution in [2.24, 2.45) is 0 Å². The van der Waals surface area contributed by atoms with Crippen molar-refractivity contribution in [3.63, 3.8) is 0 Å². The third-order valence-corrected chi connectivity index (χ3v) is 5.47. The van der Waals surface area contributed by atoms with Crippen LogP contribution in [0.25, 0.3) is 0 Å². The number of hydrogen-bond acceptors (Lipinski definition) is 8. The summed E-state index contributed by atoms with van der Waals surface area (Å²) in [6.07, 6.45) is 2.04. The third kappa shape index (κ3) is 8.97. The maximum absolute atomic E-state index is 12.1. The SMILES string of the molecule is CSCC[C@@H](NC(=O)OC(C)(C)C)c1nnc(SCC(=O)Nc2ccc(Br)cc2)o1. The van der Waals surface area contributed by atoms with Gasteiger partial charge < -0.3 is 19.8 Å². The van der Waals surface area contributed by atoms with Crippen molar-refractivity contribution in [2.75, 3.05) is 23.1 Å². The Hall–Kier alpha value is -1.72. The largest absolute Gasteiger partial charge is 0.444 e. The van der Waals surface area contributed by atoms with Crippen molar-refractivity contribution < 1.29 is 18.7 Å². The number of anilines is 1. The lowest BCUT2D eigenvalue weighted by Gasteiger charge is -2.22. The van der Waals surface area contributed by atoms with E-state index in [9.17, 15) is 9.59 Å². The Morgan fingerprint density at radius 3 is 2.57 bits per heavy atom. The van der Waals surface area contributed by atoms with Gasteiger partial charge in [-0.25, -0.2) is 4.79 Å². The molecule has 1 heterocycles. The molecule has 0 fully saturated rings. The van der Waals surface area contributed by atoms with E-state index in [-0.39, 0.29) is 22.8 Å². The minimum Gasteiger partial charge on any atom is -0.444 e. The molecule has 0 spiro atoms. The second-order valence-corrected chi connectivity index (χ2v) is 10.1. The zero-order chi connectivity index (χ0) is 22.1. The smallest absolute Gasteiger partial charge is 0.408 e. The molecule has 0 aliphatic rings. The Morgan fingerprint density at radius 1 is 1.23 bits per heavy atom. The molecule has 0 radical (unpaired) electrons. The van der Waals surface area contributed by atoms with Crippen LogP contribution >= 0.6 is 39.5 Å². The molecule has 11 heteroatoms. The number of rotatable bonds is 9. The first-order valence-electron chi connectivity index (χ1n) is 9.16. The summed E-state index contributed by atoms with van der Waals surface area (Å²) in [7, 11) is 0. The van der Waals surface area contributed by atoms with E-state index in [0.29, 0.717) is 12.1 Å². The quantitative estimate of drug-likeness (QED) is 0.454. The fourth-order valence-corrected chi connectivity index (χ4v) is 3.53. The van der Waals surface area contributed by atoms with Gasteiger partial charge in [-0.1, -0.05) is 27.7 Å². The molecule has 1 atom stereocenters. The van der Waals surface area contributed by atoms with E-state index < -0.39 is 17.7 Å². The van der Waals surface area contributed by atoms with Crippen molar-refractivity contribution in [3.8, 4) is 0 Å². The van der Waals surface area contributed by atoms with Gasteiger partial charge >= 0.3 is 6.09 Å². The van der Waals surface area contributed by atoms with E-state index in [0.717, 1.165) is 22.0 Å². The van der Waals surface area contributed by atoms with Crippen LogP contribution in [0, 0.1) is 0 Å². The van der Waals surface area contributed by atoms with Gasteiger partial charge in [-0.3, -0.25) is 4.79 Å². The molecular formula is C19H25BrN4O4S2. The van der Waals surface area contributed by atoms with Gasteiger partial charge in [-0.15, -0.1) is 10.2 Å². The summed E-state index contributed by atoms with van der Waals surface area (Å²) in [5, 5.41) is 13.9. The van der Waals surface area contributed by atoms with Crippen LogP contribution in [0.4, 0.5) is 10.5 Å². The number of carbonyl (C=O) groups excluding carboxylic acids is 2. The summed E-state index contributed by atoms with van der Waals surface area (Å²) >= 11 is 6.13. The zero-order valence-corrected chi connectivity index (χ0v) is 20.4. The minimum absolute atomic E-state index is 0.118. The van der Waals surface area contributed by atoms with Gasteiger partial charge in [0.25, 0.3) is 5.22 Å². The number of carbonyl (C=O) groups is 2. The Morgan fingerprint density at radius 2 is 1.93 bits per heavy atom. The first-order valence-corrected chi connectivity index (χ1v) is 12.3. The lowest BCUT2D eigenvalue weighted by atomic mass is 10.2. The average molecular weight is 517 g/mol. The molecule has 30 heavy (non-hydrogen) atoms. The minimum atomic E-state index is -0.605. The fourth-order valence-electron chi connectivity index (χ4n) is 2.22. The van der Waals surface area contributed by atoms with Crippen molar-refractivity contribution in [1.29, 1.82) is 0 Å². The van der Waals surface area contributed by atoms with Gasteiger partial charge in [0.1, 0.15) is 11.6 Å². The van der Waals surface area contributed by atoms with Crippen molar-refractivity contribution >= 4 is 57.1 Å². The predicted octanol–water partition coefficient (Wildman–Crippen LogP) is 4.88. The summed E-state index contributed by atoms with van der Waals surface area (Å²) in [6.45, 7) is 5.39. The highest BCUT2D eigenvalue weighted by Gasteiger charge is 2.24. The second-order valence-electron chi connectivity index (χ2n) is 7.23. The molecular weight excluding hydrogens is 492 g/mol. The summed E-state index contributed by atoms with van der Waals surface area (Å²) in [6, 6.07) is 6.83. The maximum Gasteiger partial charge on any atom is 0.408 e. The summed E-state index contributed by atoms with van der Waals surface area (Å²) < 4.78 is 11.9. The standard InChI is InChI=1S/C19H25BrN4O4S2/c1-19(2,3)28-17(26)22-14(9-10-29-4)16-23-24-18(27-16)30-11-15(25)21-13-7-5-12(20)6-8-13/h5-8,14H,9-11H2,1-4H3,(H,21,25)(H,22,26)/t14-/m1/s1. The molecule has 0 aliphatic heterocycles. The molecule has 0 saturated heterocycles. The topological polar surface area (TPSA) is 106 Å². The van der Waals surface area contributed by atoms with Gasteiger partial charge in [-0.05, 0) is 63.5 Å². The predicted molar refractivity (Wildman–Crippen MR) is 123 cm³/mol. The fraction of sp³-hybridized carbons (Fsp3) is 0.474. The van der Waals surface area contributed by atoms with Gasteiger partial charge in [-0.2, -0.15) is 11.8 Å². The van der Waals surface area contributed by atoms with Gasteiger partial charge in [0, 0.05) is 10.2 Å². The van der Waals surface area contributed by atoms with E-state index in [1.54, 1.807) is 44.7 Å². The Kier molecular flexibility index (Phi) is 9.50. The van der Waals surface area contributed by atoms with Crippen LogP contribution in [0.1, 0.15) is 39.1 Å².